The topological polar surface area (TPSA) is 0 Å². The first-order valence-corrected chi connectivity index (χ1v) is 5.48. The van der Waals surface area contributed by atoms with Gasteiger partial charge in [0.15, 0.2) is 0 Å². The highest BCUT2D eigenvalue weighted by molar-refractivity contribution is 6.01. The van der Waals surface area contributed by atoms with Crippen LogP contribution in [0.15, 0.2) is 60.7 Å². The zero-order valence-electron chi connectivity index (χ0n) is 8.93. The highest BCUT2D eigenvalue weighted by Gasteiger charge is 2.11. The van der Waals surface area contributed by atoms with Crippen molar-refractivity contribution >= 4 is 17.7 Å². The molecule has 0 aliphatic heterocycles. The van der Waals surface area contributed by atoms with Gasteiger partial charge >= 0.3 is 0 Å². The summed E-state index contributed by atoms with van der Waals surface area (Å²) in [5, 5.41) is 0. The SMILES string of the molecule is C1=C(/C=C/c2ccccc2)c2ccccc21. The van der Waals surface area contributed by atoms with Crippen molar-refractivity contribution in [1.82, 2.24) is 0 Å². The van der Waals surface area contributed by atoms with Gasteiger partial charge in [0.25, 0.3) is 0 Å². The van der Waals surface area contributed by atoms with Crippen molar-refractivity contribution in [2.24, 2.45) is 0 Å². The second-order valence-electron chi connectivity index (χ2n) is 3.93. The molecule has 0 nitrogen and oxygen atoms in total. The predicted molar refractivity (Wildman–Crippen MR) is 69.8 cm³/mol. The molecule has 1 aliphatic rings. The van der Waals surface area contributed by atoms with Crippen molar-refractivity contribution < 1.29 is 0 Å². The summed E-state index contributed by atoms with van der Waals surface area (Å²) in [6, 6.07) is 18.9. The van der Waals surface area contributed by atoms with Gasteiger partial charge in [0.05, 0.1) is 0 Å². The van der Waals surface area contributed by atoms with E-state index in [1.54, 1.807) is 0 Å². The maximum absolute atomic E-state index is 2.22. The van der Waals surface area contributed by atoms with Crippen molar-refractivity contribution in [3.63, 3.8) is 0 Å². The molecule has 0 amide bonds. The molecule has 0 fully saturated rings. The lowest BCUT2D eigenvalue weighted by Crippen LogP contribution is -1.95. The van der Waals surface area contributed by atoms with Crippen molar-refractivity contribution in [2.75, 3.05) is 0 Å². The molecule has 0 bridgehead atoms. The zero-order valence-corrected chi connectivity index (χ0v) is 8.93. The number of fused-ring (bicyclic) bond motifs is 1. The molecule has 1 aliphatic carbocycles. The smallest absolute Gasteiger partial charge is 0.0111 e. The van der Waals surface area contributed by atoms with E-state index in [0.717, 1.165) is 0 Å². The van der Waals surface area contributed by atoms with Crippen molar-refractivity contribution in [2.45, 2.75) is 0 Å². The normalized spacial score (nSPS) is 13.1. The third-order valence-corrected chi connectivity index (χ3v) is 2.84. The molecule has 0 radical (unpaired) electrons. The molecule has 0 unspecified atom stereocenters. The first-order chi connectivity index (χ1) is 7.93. The minimum absolute atomic E-state index is 1.24. The van der Waals surface area contributed by atoms with Crippen molar-refractivity contribution in [3.05, 3.63) is 77.4 Å². The highest BCUT2D eigenvalue weighted by Crippen LogP contribution is 2.33. The second-order valence-corrected chi connectivity index (χ2v) is 3.93. The molecule has 0 saturated heterocycles. The molecule has 0 atom stereocenters. The standard InChI is InChI=1S/C16H12/c1-2-6-13(7-3-1)10-11-15-12-14-8-4-5-9-16(14)15/h1-12H/b11-10+. The molecule has 0 heteroatoms. The molecule has 0 aromatic heterocycles. The van der Waals surface area contributed by atoms with Gasteiger partial charge in [-0.25, -0.2) is 0 Å². The van der Waals surface area contributed by atoms with E-state index in [4.69, 9.17) is 0 Å². The average molecular weight is 204 g/mol. The van der Waals surface area contributed by atoms with E-state index >= 15 is 0 Å². The summed E-state index contributed by atoms with van der Waals surface area (Å²) >= 11 is 0. The van der Waals surface area contributed by atoms with Crippen LogP contribution in [-0.4, -0.2) is 0 Å². The Morgan fingerprint density at radius 2 is 1.44 bits per heavy atom. The Labute approximate surface area is 95.6 Å². The van der Waals surface area contributed by atoms with Gasteiger partial charge in [-0.05, 0) is 28.3 Å². The largest absolute Gasteiger partial charge is 0.0622 e. The van der Waals surface area contributed by atoms with Gasteiger partial charge in [-0.3, -0.25) is 0 Å². The van der Waals surface area contributed by atoms with Gasteiger partial charge in [-0.1, -0.05) is 66.7 Å². The molecular weight excluding hydrogens is 192 g/mol. The van der Waals surface area contributed by atoms with Gasteiger partial charge in [0, 0.05) is 0 Å². The molecule has 0 spiro atoms. The molecule has 0 saturated carbocycles. The van der Waals surface area contributed by atoms with Crippen LogP contribution in [-0.2, 0) is 0 Å². The molecule has 3 rings (SSSR count). The third kappa shape index (κ3) is 1.59. The Morgan fingerprint density at radius 1 is 0.688 bits per heavy atom. The third-order valence-electron chi connectivity index (χ3n) is 2.84. The summed E-state index contributed by atoms with van der Waals surface area (Å²) in [5.41, 5.74) is 5.26. The van der Waals surface area contributed by atoms with Crippen LogP contribution in [0.2, 0.25) is 0 Å². The van der Waals surface area contributed by atoms with Crippen LogP contribution in [0.25, 0.3) is 17.7 Å². The Morgan fingerprint density at radius 3 is 2.25 bits per heavy atom. The van der Waals surface area contributed by atoms with E-state index in [2.05, 4.69) is 66.8 Å². The summed E-state index contributed by atoms with van der Waals surface area (Å²) in [6.45, 7) is 0. The van der Waals surface area contributed by atoms with Crippen LogP contribution >= 0.6 is 0 Å². The van der Waals surface area contributed by atoms with Gasteiger partial charge < -0.3 is 0 Å². The average Bonchev–Trinajstić information content (AvgIpc) is 2.32. The molecule has 0 N–H and O–H groups in total. The first-order valence-electron chi connectivity index (χ1n) is 5.48. The fraction of sp³-hybridized carbons (Fsp3) is 0. The van der Waals surface area contributed by atoms with Gasteiger partial charge in [0.1, 0.15) is 0 Å². The number of rotatable bonds is 2. The Kier molecular flexibility index (Phi) is 2.19. The monoisotopic (exact) mass is 204 g/mol. The van der Waals surface area contributed by atoms with Crippen molar-refractivity contribution in [1.29, 1.82) is 0 Å². The van der Waals surface area contributed by atoms with Gasteiger partial charge in [-0.2, -0.15) is 0 Å². The summed E-state index contributed by atoms with van der Waals surface area (Å²) in [6.07, 6.45) is 6.55. The van der Waals surface area contributed by atoms with Crippen LogP contribution in [0, 0.1) is 0 Å². The lowest BCUT2D eigenvalue weighted by molar-refractivity contribution is 1.54. The fourth-order valence-electron chi connectivity index (χ4n) is 1.94. The molecule has 0 heterocycles. The van der Waals surface area contributed by atoms with Crippen LogP contribution in [0.4, 0.5) is 0 Å². The Balaban J connectivity index is 1.82. The lowest BCUT2D eigenvalue weighted by atomic mass is 9.88. The van der Waals surface area contributed by atoms with Crippen LogP contribution in [0.1, 0.15) is 16.7 Å². The number of hydrogen-bond donors (Lipinski definition) is 0. The van der Waals surface area contributed by atoms with E-state index in [9.17, 15) is 0 Å². The van der Waals surface area contributed by atoms with Crippen LogP contribution in [0.3, 0.4) is 0 Å². The predicted octanol–water partition coefficient (Wildman–Crippen LogP) is 4.25. The highest BCUT2D eigenvalue weighted by atomic mass is 14.1. The molecular formula is C16H12. The Hall–Kier alpha value is -2.08. The quantitative estimate of drug-likeness (QED) is 0.685. The van der Waals surface area contributed by atoms with Crippen LogP contribution in [0.5, 0.6) is 0 Å². The van der Waals surface area contributed by atoms with E-state index in [1.807, 2.05) is 6.07 Å². The number of benzene rings is 2. The first kappa shape index (κ1) is 9.17. The second kappa shape index (κ2) is 3.82. The number of hydrogen-bond acceptors (Lipinski definition) is 0. The minimum atomic E-state index is 1.24. The molecule has 2 aromatic rings. The van der Waals surface area contributed by atoms with E-state index in [-0.39, 0.29) is 0 Å². The summed E-state index contributed by atoms with van der Waals surface area (Å²) in [5.74, 6) is 0. The van der Waals surface area contributed by atoms with E-state index in [1.165, 1.54) is 22.3 Å². The van der Waals surface area contributed by atoms with Gasteiger partial charge in [0.2, 0.25) is 0 Å². The Bertz CT molecular complexity index is 560. The maximum atomic E-state index is 2.22. The summed E-state index contributed by atoms with van der Waals surface area (Å²) in [7, 11) is 0. The maximum Gasteiger partial charge on any atom is -0.0111 e. The lowest BCUT2D eigenvalue weighted by Gasteiger charge is -2.16. The zero-order chi connectivity index (χ0) is 10.8. The molecule has 2 aromatic carbocycles. The summed E-state index contributed by atoms with van der Waals surface area (Å²) < 4.78 is 0. The molecule has 16 heavy (non-hydrogen) atoms. The number of allylic oxidation sites excluding steroid dienone is 2. The minimum Gasteiger partial charge on any atom is -0.0622 e. The van der Waals surface area contributed by atoms with Crippen molar-refractivity contribution in [3.8, 4) is 0 Å². The summed E-state index contributed by atoms with van der Waals surface area (Å²) in [4.78, 5) is 0. The van der Waals surface area contributed by atoms with Crippen LogP contribution < -0.4 is 0 Å². The fourth-order valence-corrected chi connectivity index (χ4v) is 1.94. The molecule has 76 valence electrons. The van der Waals surface area contributed by atoms with E-state index < -0.39 is 0 Å². The van der Waals surface area contributed by atoms with Gasteiger partial charge in [-0.15, -0.1) is 0 Å². The van der Waals surface area contributed by atoms with E-state index in [0.29, 0.717) is 0 Å².